The molecule has 0 aliphatic carbocycles. The van der Waals surface area contributed by atoms with Crippen molar-refractivity contribution < 1.29 is 9.53 Å². The fourth-order valence-corrected chi connectivity index (χ4v) is 3.15. The number of rotatable bonds is 6. The topological polar surface area (TPSA) is 59.4 Å². The molecule has 25 heavy (non-hydrogen) atoms. The van der Waals surface area contributed by atoms with Crippen molar-refractivity contribution in [1.82, 2.24) is 20.0 Å². The number of carbonyl (C=O) groups excluding carboxylic acids is 1. The Morgan fingerprint density at radius 1 is 1.44 bits per heavy atom. The predicted molar refractivity (Wildman–Crippen MR) is 96.4 cm³/mol. The van der Waals surface area contributed by atoms with E-state index in [0.29, 0.717) is 13.1 Å². The molecule has 0 fully saturated rings. The van der Waals surface area contributed by atoms with Crippen molar-refractivity contribution in [2.24, 2.45) is 0 Å². The van der Waals surface area contributed by atoms with Gasteiger partial charge in [-0.1, -0.05) is 17.7 Å². The van der Waals surface area contributed by atoms with Crippen molar-refractivity contribution in [3.8, 4) is 5.75 Å². The molecular weight excluding hydrogens is 316 g/mol. The van der Waals surface area contributed by atoms with E-state index in [9.17, 15) is 4.79 Å². The SMILES string of the molecule is Cc1ccc2c(c1)CN(CC(=O)NCCCn1cccn1)C[C@H](C)O2. The van der Waals surface area contributed by atoms with E-state index in [1.807, 2.05) is 29.9 Å². The first-order chi connectivity index (χ1) is 12.1. The molecule has 1 aliphatic heterocycles. The second kappa shape index (κ2) is 8.16. The fourth-order valence-electron chi connectivity index (χ4n) is 3.15. The maximum absolute atomic E-state index is 12.3. The van der Waals surface area contributed by atoms with E-state index in [2.05, 4.69) is 34.4 Å². The number of fused-ring (bicyclic) bond motifs is 1. The molecule has 0 saturated heterocycles. The molecule has 134 valence electrons. The Bertz CT molecular complexity index is 699. The summed E-state index contributed by atoms with van der Waals surface area (Å²) in [6, 6.07) is 8.14. The predicted octanol–water partition coefficient (Wildman–Crippen LogP) is 1.98. The molecule has 6 heteroatoms. The molecule has 1 N–H and O–H groups in total. The Kier molecular flexibility index (Phi) is 5.71. The van der Waals surface area contributed by atoms with Gasteiger partial charge in [-0.25, -0.2) is 0 Å². The molecule has 1 amide bonds. The Morgan fingerprint density at radius 3 is 3.12 bits per heavy atom. The van der Waals surface area contributed by atoms with Gasteiger partial charge in [0, 0.05) is 44.1 Å². The number of amides is 1. The van der Waals surface area contributed by atoms with E-state index in [4.69, 9.17) is 4.74 Å². The van der Waals surface area contributed by atoms with Gasteiger partial charge in [0.15, 0.2) is 0 Å². The van der Waals surface area contributed by atoms with E-state index < -0.39 is 0 Å². The maximum Gasteiger partial charge on any atom is 0.234 e. The number of hydrogen-bond donors (Lipinski definition) is 1. The number of carbonyl (C=O) groups is 1. The summed E-state index contributed by atoms with van der Waals surface area (Å²) in [5, 5.41) is 7.16. The molecule has 0 unspecified atom stereocenters. The molecule has 6 nitrogen and oxygen atoms in total. The summed E-state index contributed by atoms with van der Waals surface area (Å²) in [4.78, 5) is 14.4. The summed E-state index contributed by atoms with van der Waals surface area (Å²) in [7, 11) is 0. The highest BCUT2D eigenvalue weighted by molar-refractivity contribution is 5.78. The standard InChI is InChI=1S/C19H26N4O2/c1-15-5-6-18-17(11-15)13-22(12-16(2)25-18)14-19(24)20-7-3-9-23-10-4-8-21-23/h4-6,8,10-11,16H,3,7,9,12-14H2,1-2H3,(H,20,24)/t16-/m0/s1. The number of ether oxygens (including phenoxy) is 1. The van der Waals surface area contributed by atoms with Crippen LogP contribution in [0, 0.1) is 6.92 Å². The number of nitrogens with zero attached hydrogens (tertiary/aromatic N) is 3. The Morgan fingerprint density at radius 2 is 2.32 bits per heavy atom. The van der Waals surface area contributed by atoms with Gasteiger partial charge in [-0.3, -0.25) is 14.4 Å². The van der Waals surface area contributed by atoms with Crippen molar-refractivity contribution >= 4 is 5.91 Å². The smallest absolute Gasteiger partial charge is 0.234 e. The van der Waals surface area contributed by atoms with Crippen LogP contribution in [0.4, 0.5) is 0 Å². The normalized spacial score (nSPS) is 17.4. The molecule has 1 atom stereocenters. The van der Waals surface area contributed by atoms with Gasteiger partial charge < -0.3 is 10.1 Å². The van der Waals surface area contributed by atoms with Crippen LogP contribution in [0.5, 0.6) is 5.75 Å². The molecule has 1 aromatic heterocycles. The molecule has 2 heterocycles. The first kappa shape index (κ1) is 17.5. The minimum atomic E-state index is 0.0590. The van der Waals surface area contributed by atoms with Crippen molar-refractivity contribution in [1.29, 1.82) is 0 Å². The molecule has 0 spiro atoms. The average molecular weight is 342 g/mol. The summed E-state index contributed by atoms with van der Waals surface area (Å²) in [6.45, 7) is 7.47. The summed E-state index contributed by atoms with van der Waals surface area (Å²) in [5.41, 5.74) is 2.36. The summed E-state index contributed by atoms with van der Waals surface area (Å²) < 4.78 is 7.85. The first-order valence-electron chi connectivity index (χ1n) is 8.83. The molecule has 0 radical (unpaired) electrons. The number of aromatic nitrogens is 2. The van der Waals surface area contributed by atoms with E-state index in [0.717, 1.165) is 37.4 Å². The van der Waals surface area contributed by atoms with Gasteiger partial charge in [0.2, 0.25) is 5.91 Å². The lowest BCUT2D eigenvalue weighted by atomic mass is 10.1. The monoisotopic (exact) mass is 342 g/mol. The first-order valence-corrected chi connectivity index (χ1v) is 8.83. The number of benzene rings is 1. The van der Waals surface area contributed by atoms with E-state index >= 15 is 0 Å². The highest BCUT2D eigenvalue weighted by Gasteiger charge is 2.21. The number of nitrogens with one attached hydrogen (secondary N) is 1. The van der Waals surface area contributed by atoms with E-state index in [1.54, 1.807) is 6.20 Å². The molecule has 1 aromatic carbocycles. The van der Waals surface area contributed by atoms with Gasteiger partial charge in [-0.2, -0.15) is 5.10 Å². The van der Waals surface area contributed by atoms with Crippen LogP contribution >= 0.6 is 0 Å². The summed E-state index contributed by atoms with van der Waals surface area (Å²) in [6.07, 6.45) is 4.63. The summed E-state index contributed by atoms with van der Waals surface area (Å²) in [5.74, 6) is 0.990. The lowest BCUT2D eigenvalue weighted by Crippen LogP contribution is -2.40. The van der Waals surface area contributed by atoms with Crippen molar-refractivity contribution in [2.45, 2.75) is 39.5 Å². The van der Waals surface area contributed by atoms with Crippen LogP contribution in [0.15, 0.2) is 36.7 Å². The van der Waals surface area contributed by atoms with Crippen LogP contribution < -0.4 is 10.1 Å². The molecule has 3 rings (SSSR count). The second-order valence-corrected chi connectivity index (χ2v) is 6.68. The van der Waals surface area contributed by atoms with Crippen LogP contribution in [0.2, 0.25) is 0 Å². The third-order valence-corrected chi connectivity index (χ3v) is 4.27. The van der Waals surface area contributed by atoms with Gasteiger partial charge in [0.25, 0.3) is 0 Å². The second-order valence-electron chi connectivity index (χ2n) is 6.68. The van der Waals surface area contributed by atoms with Gasteiger partial charge in [-0.15, -0.1) is 0 Å². The lowest BCUT2D eigenvalue weighted by molar-refractivity contribution is -0.122. The minimum absolute atomic E-state index is 0.0590. The molecule has 1 aliphatic rings. The zero-order valence-electron chi connectivity index (χ0n) is 14.9. The molecule has 0 saturated carbocycles. The van der Waals surface area contributed by atoms with E-state index in [1.165, 1.54) is 5.56 Å². The molecule has 0 bridgehead atoms. The van der Waals surface area contributed by atoms with E-state index in [-0.39, 0.29) is 12.0 Å². The van der Waals surface area contributed by atoms with Crippen molar-refractivity contribution in [2.75, 3.05) is 19.6 Å². The van der Waals surface area contributed by atoms with Gasteiger partial charge in [0.1, 0.15) is 11.9 Å². The lowest BCUT2D eigenvalue weighted by Gasteiger charge is -2.21. The maximum atomic E-state index is 12.3. The van der Waals surface area contributed by atoms with Crippen LogP contribution in [0.3, 0.4) is 0 Å². The van der Waals surface area contributed by atoms with Gasteiger partial charge in [-0.05, 0) is 32.4 Å². The zero-order chi connectivity index (χ0) is 17.6. The largest absolute Gasteiger partial charge is 0.489 e. The van der Waals surface area contributed by atoms with Gasteiger partial charge in [0.05, 0.1) is 6.54 Å². The summed E-state index contributed by atoms with van der Waals surface area (Å²) >= 11 is 0. The van der Waals surface area contributed by atoms with Crippen LogP contribution in [-0.4, -0.2) is 46.3 Å². The third-order valence-electron chi connectivity index (χ3n) is 4.27. The van der Waals surface area contributed by atoms with Gasteiger partial charge >= 0.3 is 0 Å². The number of hydrogen-bond acceptors (Lipinski definition) is 4. The minimum Gasteiger partial charge on any atom is -0.489 e. The van der Waals surface area contributed by atoms with Crippen LogP contribution in [0.25, 0.3) is 0 Å². The number of aryl methyl sites for hydroxylation is 2. The van der Waals surface area contributed by atoms with Crippen molar-refractivity contribution in [3.05, 3.63) is 47.8 Å². The van der Waals surface area contributed by atoms with Crippen LogP contribution in [-0.2, 0) is 17.9 Å². The highest BCUT2D eigenvalue weighted by atomic mass is 16.5. The molecular formula is C19H26N4O2. The Labute approximate surface area is 148 Å². The Hall–Kier alpha value is -2.34. The zero-order valence-corrected chi connectivity index (χ0v) is 14.9. The molecule has 2 aromatic rings. The quantitative estimate of drug-likeness (QED) is 0.816. The third kappa shape index (κ3) is 5.06. The fraction of sp³-hybridized carbons (Fsp3) is 0.474. The van der Waals surface area contributed by atoms with Crippen LogP contribution in [0.1, 0.15) is 24.5 Å². The Balaban J connectivity index is 1.48. The average Bonchev–Trinajstić information content (AvgIpc) is 3.02. The van der Waals surface area contributed by atoms with Crippen molar-refractivity contribution in [3.63, 3.8) is 0 Å². The highest BCUT2D eigenvalue weighted by Crippen LogP contribution is 2.25.